The van der Waals surface area contributed by atoms with Gasteiger partial charge < -0.3 is 4.74 Å². The number of carbonyl (C=O) groups is 2. The number of amides is 2. The number of halogens is 1. The van der Waals surface area contributed by atoms with Gasteiger partial charge in [0, 0.05) is 12.5 Å². The molecule has 33 heavy (non-hydrogen) atoms. The zero-order chi connectivity index (χ0) is 23.2. The van der Waals surface area contributed by atoms with E-state index < -0.39 is 0 Å². The fourth-order valence-electron chi connectivity index (χ4n) is 4.45. The average molecular weight is 460 g/mol. The van der Waals surface area contributed by atoms with E-state index in [1.165, 1.54) is 18.9 Å². The summed E-state index contributed by atoms with van der Waals surface area (Å²) in [6, 6.07) is 5.46. The number of imide groups is 1. The van der Waals surface area contributed by atoms with Crippen molar-refractivity contribution >= 4 is 11.8 Å². The maximum atomic E-state index is 14.2. The molecule has 2 aliphatic heterocycles. The van der Waals surface area contributed by atoms with Crippen LogP contribution in [0.5, 0.6) is 5.75 Å². The van der Waals surface area contributed by atoms with Gasteiger partial charge in [-0.1, -0.05) is 18.2 Å². The number of piperazine rings is 1. The molecule has 0 bridgehead atoms. The Balaban J connectivity index is 1.26. The van der Waals surface area contributed by atoms with E-state index >= 15 is 0 Å². The van der Waals surface area contributed by atoms with Crippen molar-refractivity contribution in [2.45, 2.75) is 57.4 Å². The van der Waals surface area contributed by atoms with Gasteiger partial charge in [-0.3, -0.25) is 24.8 Å². The van der Waals surface area contributed by atoms with Crippen LogP contribution in [-0.2, 0) is 9.59 Å². The third-order valence-electron chi connectivity index (χ3n) is 6.67. The summed E-state index contributed by atoms with van der Waals surface area (Å²) in [6.45, 7) is 5.45. The van der Waals surface area contributed by atoms with Gasteiger partial charge in [0.15, 0.2) is 11.6 Å². The SMILES string of the molecule is CC[C@@H](CN1N=NCC1CCCCN1CC(=O)NC(=O)C1)c1ccc(F)c(OCC2CC2)c1. The summed E-state index contributed by atoms with van der Waals surface area (Å²) in [6.07, 6.45) is 6.11. The first-order valence-electron chi connectivity index (χ1n) is 12.1. The van der Waals surface area contributed by atoms with Crippen molar-refractivity contribution < 1.29 is 18.7 Å². The van der Waals surface area contributed by atoms with Crippen LogP contribution in [0.3, 0.4) is 0 Å². The first kappa shape index (κ1) is 23.6. The van der Waals surface area contributed by atoms with Gasteiger partial charge in [-0.2, -0.15) is 5.11 Å². The van der Waals surface area contributed by atoms with Crippen LogP contribution in [0.1, 0.15) is 56.9 Å². The van der Waals surface area contributed by atoms with Crippen molar-refractivity contribution in [1.29, 1.82) is 0 Å². The minimum Gasteiger partial charge on any atom is -0.490 e. The highest BCUT2D eigenvalue weighted by Crippen LogP contribution is 2.32. The highest BCUT2D eigenvalue weighted by Gasteiger charge is 2.27. The summed E-state index contributed by atoms with van der Waals surface area (Å²) >= 11 is 0. The van der Waals surface area contributed by atoms with Crippen LogP contribution in [0.15, 0.2) is 28.5 Å². The summed E-state index contributed by atoms with van der Waals surface area (Å²) in [7, 11) is 0. The molecule has 0 aromatic heterocycles. The average Bonchev–Trinajstić information content (AvgIpc) is 3.51. The quantitative estimate of drug-likeness (QED) is 0.383. The fraction of sp³-hybridized carbons (Fsp3) is 0.667. The van der Waals surface area contributed by atoms with E-state index in [4.69, 9.17) is 4.74 Å². The van der Waals surface area contributed by atoms with Gasteiger partial charge in [-0.15, -0.1) is 0 Å². The molecule has 9 heteroatoms. The van der Waals surface area contributed by atoms with Crippen molar-refractivity contribution in [3.8, 4) is 5.75 Å². The zero-order valence-corrected chi connectivity index (χ0v) is 19.3. The first-order valence-corrected chi connectivity index (χ1v) is 12.1. The lowest BCUT2D eigenvalue weighted by Gasteiger charge is -2.27. The van der Waals surface area contributed by atoms with Crippen molar-refractivity contribution in [3.05, 3.63) is 29.6 Å². The van der Waals surface area contributed by atoms with Gasteiger partial charge in [0.05, 0.1) is 32.3 Å². The Labute approximate surface area is 194 Å². The molecule has 1 aromatic rings. The predicted octanol–water partition coefficient (Wildman–Crippen LogP) is 3.29. The third kappa shape index (κ3) is 6.72. The highest BCUT2D eigenvalue weighted by atomic mass is 19.1. The van der Waals surface area contributed by atoms with E-state index in [1.54, 1.807) is 0 Å². The molecular formula is C24H34FN5O3. The largest absolute Gasteiger partial charge is 0.490 e. The minimum atomic E-state index is -0.305. The van der Waals surface area contributed by atoms with E-state index in [1.807, 2.05) is 17.0 Å². The summed E-state index contributed by atoms with van der Waals surface area (Å²) in [5.74, 6) is 0.388. The number of unbranched alkanes of at least 4 members (excludes halogenated alkanes) is 1. The molecule has 180 valence electrons. The predicted molar refractivity (Wildman–Crippen MR) is 121 cm³/mol. The number of rotatable bonds is 12. The molecule has 2 amide bonds. The number of ether oxygens (including phenoxy) is 1. The summed E-state index contributed by atoms with van der Waals surface area (Å²) < 4.78 is 19.9. The van der Waals surface area contributed by atoms with Crippen molar-refractivity contribution in [3.63, 3.8) is 0 Å². The standard InChI is InChI=1S/C24H34FN5O3/c1-2-18(19-8-9-21(25)22(11-19)33-16-17-6-7-17)13-30-20(12-26-28-30)5-3-4-10-29-14-23(31)27-24(32)15-29/h8-9,11,17-18,20H,2-7,10,12-16H2,1H3,(H,27,31,32)/t18-,20?/m0/s1. The Hall–Kier alpha value is -2.55. The number of carbonyl (C=O) groups excluding carboxylic acids is 2. The van der Waals surface area contributed by atoms with Crippen LogP contribution < -0.4 is 10.1 Å². The smallest absolute Gasteiger partial charge is 0.240 e. The van der Waals surface area contributed by atoms with Crippen LogP contribution in [0.25, 0.3) is 0 Å². The fourth-order valence-corrected chi connectivity index (χ4v) is 4.45. The molecule has 2 atom stereocenters. The number of nitrogens with one attached hydrogen (secondary N) is 1. The highest BCUT2D eigenvalue weighted by molar-refractivity contribution is 5.99. The summed E-state index contributed by atoms with van der Waals surface area (Å²) in [5, 5.41) is 13.0. The topological polar surface area (TPSA) is 86.6 Å². The third-order valence-corrected chi connectivity index (χ3v) is 6.67. The Morgan fingerprint density at radius 1 is 1.21 bits per heavy atom. The lowest BCUT2D eigenvalue weighted by Crippen LogP contribution is -2.51. The van der Waals surface area contributed by atoms with Crippen molar-refractivity contribution in [1.82, 2.24) is 15.2 Å². The van der Waals surface area contributed by atoms with Gasteiger partial charge in [0.2, 0.25) is 11.8 Å². The van der Waals surface area contributed by atoms with E-state index in [0.717, 1.165) is 44.3 Å². The molecule has 1 aromatic carbocycles. The van der Waals surface area contributed by atoms with Gasteiger partial charge in [0.1, 0.15) is 0 Å². The molecule has 2 heterocycles. The second-order valence-electron chi connectivity index (χ2n) is 9.42. The van der Waals surface area contributed by atoms with Crippen molar-refractivity contribution in [2.24, 2.45) is 16.3 Å². The van der Waals surface area contributed by atoms with E-state index in [0.29, 0.717) is 24.8 Å². The molecule has 1 unspecified atom stereocenters. The lowest BCUT2D eigenvalue weighted by molar-refractivity contribution is -0.136. The maximum Gasteiger partial charge on any atom is 0.240 e. The zero-order valence-electron chi connectivity index (χ0n) is 19.3. The lowest BCUT2D eigenvalue weighted by atomic mass is 9.95. The normalized spacial score (nSPS) is 22.0. The second-order valence-corrected chi connectivity index (χ2v) is 9.42. The monoisotopic (exact) mass is 459 g/mol. The van der Waals surface area contributed by atoms with Crippen LogP contribution in [0.4, 0.5) is 4.39 Å². The number of hydrogen-bond donors (Lipinski definition) is 1. The molecule has 0 radical (unpaired) electrons. The molecule has 2 fully saturated rings. The minimum absolute atomic E-state index is 0.214. The molecule has 1 N–H and O–H groups in total. The first-order chi connectivity index (χ1) is 16.0. The van der Waals surface area contributed by atoms with Crippen LogP contribution >= 0.6 is 0 Å². The Kier molecular flexibility index (Phi) is 7.90. The molecule has 8 nitrogen and oxygen atoms in total. The molecule has 1 aliphatic carbocycles. The second kappa shape index (κ2) is 11.0. The van der Waals surface area contributed by atoms with E-state index in [2.05, 4.69) is 27.6 Å². The Morgan fingerprint density at radius 3 is 2.73 bits per heavy atom. The number of nitrogens with zero attached hydrogens (tertiary/aromatic N) is 4. The van der Waals surface area contributed by atoms with Crippen LogP contribution in [-0.4, -0.2) is 67.1 Å². The molecular weight excluding hydrogens is 425 g/mol. The number of hydrogen-bond acceptors (Lipinski definition) is 7. The van der Waals surface area contributed by atoms with Gasteiger partial charge in [-0.25, -0.2) is 4.39 Å². The Bertz CT molecular complexity index is 860. The number of benzene rings is 1. The van der Waals surface area contributed by atoms with E-state index in [-0.39, 0.29) is 42.7 Å². The van der Waals surface area contributed by atoms with Crippen LogP contribution in [0.2, 0.25) is 0 Å². The van der Waals surface area contributed by atoms with Gasteiger partial charge >= 0.3 is 0 Å². The Morgan fingerprint density at radius 2 is 2.00 bits per heavy atom. The maximum absolute atomic E-state index is 14.2. The molecule has 1 saturated carbocycles. The molecule has 3 aliphatic rings. The van der Waals surface area contributed by atoms with Gasteiger partial charge in [-0.05, 0) is 68.7 Å². The molecule has 4 rings (SSSR count). The summed E-state index contributed by atoms with van der Waals surface area (Å²) in [4.78, 5) is 24.9. The van der Waals surface area contributed by atoms with Crippen molar-refractivity contribution in [2.75, 3.05) is 39.3 Å². The summed E-state index contributed by atoms with van der Waals surface area (Å²) in [5.41, 5.74) is 1.07. The molecule has 0 spiro atoms. The van der Waals surface area contributed by atoms with Gasteiger partial charge in [0.25, 0.3) is 0 Å². The van der Waals surface area contributed by atoms with E-state index in [9.17, 15) is 14.0 Å². The van der Waals surface area contributed by atoms with Crippen LogP contribution in [0, 0.1) is 11.7 Å². The molecule has 1 saturated heterocycles.